The van der Waals surface area contributed by atoms with Gasteiger partial charge in [0.15, 0.2) is 5.96 Å². The number of rotatable bonds is 7. The number of hydrogen-bond acceptors (Lipinski definition) is 2. The van der Waals surface area contributed by atoms with Gasteiger partial charge in [-0.25, -0.2) is 9.98 Å². The molecule has 134 valence electrons. The molecule has 0 aromatic carbocycles. The Morgan fingerprint density at radius 2 is 2.08 bits per heavy atom. The van der Waals surface area contributed by atoms with E-state index in [1.807, 2.05) is 12.1 Å². The van der Waals surface area contributed by atoms with Crippen LogP contribution in [0.4, 0.5) is 0 Å². The first-order chi connectivity index (χ1) is 11.1. The van der Waals surface area contributed by atoms with Crippen LogP contribution in [0.25, 0.3) is 5.65 Å². The zero-order chi connectivity index (χ0) is 16.7. The van der Waals surface area contributed by atoms with Crippen molar-refractivity contribution in [1.82, 2.24) is 20.0 Å². The van der Waals surface area contributed by atoms with Gasteiger partial charge in [0.1, 0.15) is 5.65 Å². The van der Waals surface area contributed by atoms with Gasteiger partial charge in [-0.15, -0.1) is 24.0 Å². The zero-order valence-electron chi connectivity index (χ0n) is 15.2. The molecule has 24 heavy (non-hydrogen) atoms. The van der Waals surface area contributed by atoms with Crippen molar-refractivity contribution in [2.24, 2.45) is 10.9 Å². The third-order valence-electron chi connectivity index (χ3n) is 3.74. The van der Waals surface area contributed by atoms with Crippen LogP contribution in [0.5, 0.6) is 0 Å². The molecule has 0 fully saturated rings. The van der Waals surface area contributed by atoms with Gasteiger partial charge in [-0.05, 0) is 44.7 Å². The second-order valence-corrected chi connectivity index (χ2v) is 6.29. The van der Waals surface area contributed by atoms with Crippen LogP contribution in [0.2, 0.25) is 0 Å². The Balaban J connectivity index is 0.00000288. The van der Waals surface area contributed by atoms with E-state index < -0.39 is 0 Å². The van der Waals surface area contributed by atoms with E-state index in [9.17, 15) is 0 Å². The standard InChI is InChI=1S/C18H29N5.HI/c1-5-19-18(20-11-7-8-14(2)3)21-12-16-13-23-15(4)9-6-10-17(23)22-16;/h6,9-10,13-14H,5,7-8,11-12H2,1-4H3,(H2,19,20,21);1H. The van der Waals surface area contributed by atoms with Crippen molar-refractivity contribution in [3.05, 3.63) is 35.8 Å². The lowest BCUT2D eigenvalue weighted by molar-refractivity contribution is 0.549. The fourth-order valence-electron chi connectivity index (χ4n) is 2.49. The molecule has 0 amide bonds. The minimum absolute atomic E-state index is 0. The molecule has 0 saturated carbocycles. The van der Waals surface area contributed by atoms with Gasteiger partial charge < -0.3 is 15.0 Å². The molecule has 0 unspecified atom stereocenters. The number of pyridine rings is 1. The number of aromatic nitrogens is 2. The second kappa shape index (κ2) is 10.5. The van der Waals surface area contributed by atoms with Crippen LogP contribution in [0.3, 0.4) is 0 Å². The molecule has 2 aromatic heterocycles. The molecule has 5 nitrogen and oxygen atoms in total. The van der Waals surface area contributed by atoms with E-state index in [0.29, 0.717) is 6.54 Å². The largest absolute Gasteiger partial charge is 0.357 e. The van der Waals surface area contributed by atoms with Crippen molar-refractivity contribution in [3.63, 3.8) is 0 Å². The van der Waals surface area contributed by atoms with Crippen LogP contribution >= 0.6 is 24.0 Å². The number of guanidine groups is 1. The molecule has 0 aliphatic carbocycles. The van der Waals surface area contributed by atoms with E-state index in [2.05, 4.69) is 65.0 Å². The third-order valence-corrected chi connectivity index (χ3v) is 3.74. The monoisotopic (exact) mass is 443 g/mol. The molecule has 2 heterocycles. The second-order valence-electron chi connectivity index (χ2n) is 6.29. The summed E-state index contributed by atoms with van der Waals surface area (Å²) >= 11 is 0. The number of imidazole rings is 1. The summed E-state index contributed by atoms with van der Waals surface area (Å²) in [4.78, 5) is 9.27. The van der Waals surface area contributed by atoms with Crippen LogP contribution in [-0.2, 0) is 6.54 Å². The number of aliphatic imine (C=N–C) groups is 1. The summed E-state index contributed by atoms with van der Waals surface area (Å²) in [7, 11) is 0. The Labute approximate surface area is 162 Å². The van der Waals surface area contributed by atoms with Crippen molar-refractivity contribution in [2.45, 2.75) is 47.1 Å². The van der Waals surface area contributed by atoms with Crippen molar-refractivity contribution in [1.29, 1.82) is 0 Å². The van der Waals surface area contributed by atoms with Crippen LogP contribution in [0, 0.1) is 12.8 Å². The molecule has 0 spiro atoms. The van der Waals surface area contributed by atoms with Gasteiger partial charge in [-0.1, -0.05) is 19.9 Å². The van der Waals surface area contributed by atoms with Gasteiger partial charge in [0.2, 0.25) is 0 Å². The van der Waals surface area contributed by atoms with E-state index in [0.717, 1.165) is 42.7 Å². The van der Waals surface area contributed by atoms with E-state index in [-0.39, 0.29) is 24.0 Å². The summed E-state index contributed by atoms with van der Waals surface area (Å²) in [6.45, 7) is 11.1. The number of nitrogens with zero attached hydrogens (tertiary/aromatic N) is 3. The smallest absolute Gasteiger partial charge is 0.191 e. The van der Waals surface area contributed by atoms with Gasteiger partial charge in [-0.3, -0.25) is 0 Å². The molecular formula is C18H30IN5. The molecule has 0 bridgehead atoms. The molecule has 0 aliphatic rings. The predicted molar refractivity (Wildman–Crippen MR) is 112 cm³/mol. The highest BCUT2D eigenvalue weighted by Gasteiger charge is 2.03. The van der Waals surface area contributed by atoms with E-state index >= 15 is 0 Å². The number of nitrogens with one attached hydrogen (secondary N) is 2. The highest BCUT2D eigenvalue weighted by atomic mass is 127. The molecule has 0 radical (unpaired) electrons. The van der Waals surface area contributed by atoms with Crippen molar-refractivity contribution >= 4 is 35.6 Å². The first kappa shape index (κ1) is 20.7. The summed E-state index contributed by atoms with van der Waals surface area (Å²) in [5, 5.41) is 6.69. The Bertz CT molecular complexity index is 648. The van der Waals surface area contributed by atoms with Gasteiger partial charge in [-0.2, -0.15) is 0 Å². The topological polar surface area (TPSA) is 53.7 Å². The van der Waals surface area contributed by atoms with Crippen LogP contribution < -0.4 is 10.6 Å². The molecule has 0 aliphatic heterocycles. The average Bonchev–Trinajstić information content (AvgIpc) is 2.93. The van der Waals surface area contributed by atoms with Crippen LogP contribution in [0.15, 0.2) is 29.4 Å². The molecule has 0 saturated heterocycles. The number of hydrogen-bond donors (Lipinski definition) is 2. The van der Waals surface area contributed by atoms with E-state index in [4.69, 9.17) is 0 Å². The lowest BCUT2D eigenvalue weighted by Crippen LogP contribution is -2.37. The lowest BCUT2D eigenvalue weighted by atomic mass is 10.1. The molecule has 2 aromatic rings. The molecular weight excluding hydrogens is 413 g/mol. The maximum absolute atomic E-state index is 4.64. The summed E-state index contributed by atoms with van der Waals surface area (Å²) < 4.78 is 2.11. The quantitative estimate of drug-likeness (QED) is 0.297. The predicted octanol–water partition coefficient (Wildman–Crippen LogP) is 3.75. The maximum Gasteiger partial charge on any atom is 0.191 e. The first-order valence-electron chi connectivity index (χ1n) is 8.56. The van der Waals surface area contributed by atoms with Crippen molar-refractivity contribution in [2.75, 3.05) is 13.1 Å². The maximum atomic E-state index is 4.64. The Morgan fingerprint density at radius 1 is 1.29 bits per heavy atom. The minimum atomic E-state index is 0. The Morgan fingerprint density at radius 3 is 2.75 bits per heavy atom. The van der Waals surface area contributed by atoms with Gasteiger partial charge in [0.25, 0.3) is 0 Å². The zero-order valence-corrected chi connectivity index (χ0v) is 17.5. The van der Waals surface area contributed by atoms with Gasteiger partial charge in [0, 0.05) is 25.0 Å². The number of halogens is 1. The van der Waals surface area contributed by atoms with Crippen LogP contribution in [0.1, 0.15) is 45.0 Å². The van der Waals surface area contributed by atoms with E-state index in [1.54, 1.807) is 0 Å². The Hall–Kier alpha value is -1.31. The third kappa shape index (κ3) is 6.30. The number of aryl methyl sites for hydroxylation is 1. The lowest BCUT2D eigenvalue weighted by Gasteiger charge is -2.11. The normalized spacial score (nSPS) is 11.6. The SMILES string of the molecule is CCNC(=NCc1cn2c(C)cccc2n1)NCCCC(C)C.I. The fraction of sp³-hybridized carbons (Fsp3) is 0.556. The highest BCUT2D eigenvalue weighted by Crippen LogP contribution is 2.09. The number of fused-ring (bicyclic) bond motifs is 1. The van der Waals surface area contributed by atoms with Crippen LogP contribution in [-0.4, -0.2) is 28.4 Å². The van der Waals surface area contributed by atoms with Crippen molar-refractivity contribution < 1.29 is 0 Å². The average molecular weight is 443 g/mol. The molecule has 2 N–H and O–H groups in total. The first-order valence-corrected chi connectivity index (χ1v) is 8.56. The van der Waals surface area contributed by atoms with Gasteiger partial charge in [0.05, 0.1) is 12.2 Å². The van der Waals surface area contributed by atoms with Crippen molar-refractivity contribution in [3.8, 4) is 0 Å². The minimum Gasteiger partial charge on any atom is -0.357 e. The van der Waals surface area contributed by atoms with E-state index in [1.165, 1.54) is 12.1 Å². The molecule has 6 heteroatoms. The summed E-state index contributed by atoms with van der Waals surface area (Å²) in [5.74, 6) is 1.61. The summed E-state index contributed by atoms with van der Waals surface area (Å²) in [5.41, 5.74) is 3.15. The Kier molecular flexibility index (Phi) is 9.10. The molecule has 2 rings (SSSR count). The van der Waals surface area contributed by atoms with Gasteiger partial charge >= 0.3 is 0 Å². The summed E-state index contributed by atoms with van der Waals surface area (Å²) in [6.07, 6.45) is 4.46. The highest BCUT2D eigenvalue weighted by molar-refractivity contribution is 14.0. The fourth-order valence-corrected chi connectivity index (χ4v) is 2.49. The summed E-state index contributed by atoms with van der Waals surface area (Å²) in [6, 6.07) is 6.14. The molecule has 0 atom stereocenters.